The zero-order valence-corrected chi connectivity index (χ0v) is 11.0. The number of aromatic nitrogens is 1. The van der Waals surface area contributed by atoms with Crippen molar-refractivity contribution in [2.24, 2.45) is 5.92 Å². The minimum atomic E-state index is -4.53. The highest BCUT2D eigenvalue weighted by atomic mass is 35.5. The summed E-state index contributed by atoms with van der Waals surface area (Å²) in [7, 11) is -3.70. The smallest absolute Gasteiger partial charge is 0.244 e. The highest BCUT2D eigenvalue weighted by Crippen LogP contribution is 2.29. The van der Waals surface area contributed by atoms with Crippen LogP contribution in [0.5, 0.6) is 0 Å². The van der Waals surface area contributed by atoms with E-state index in [2.05, 4.69) is 4.98 Å². The monoisotopic (exact) mass is 301 g/mol. The number of hydrogen-bond acceptors (Lipinski definition) is 3. The molecule has 18 heavy (non-hydrogen) atoms. The molecule has 1 heterocycles. The standard InChI is InChI=1S/C10H11ClF3NO2S/c1-7(4-11)6-18(16,17)9-3-2-8(5-15-9)10(12,13)14/h2-3,5,7H,4,6H2,1H3. The Kier molecular flexibility index (Phi) is 4.61. The summed E-state index contributed by atoms with van der Waals surface area (Å²) in [5, 5.41) is -0.368. The lowest BCUT2D eigenvalue weighted by Gasteiger charge is -2.09. The fourth-order valence-corrected chi connectivity index (χ4v) is 3.00. The van der Waals surface area contributed by atoms with Gasteiger partial charge in [-0.2, -0.15) is 13.2 Å². The Bertz CT molecular complexity index is 499. The van der Waals surface area contributed by atoms with Crippen LogP contribution in [-0.2, 0) is 16.0 Å². The van der Waals surface area contributed by atoms with Crippen LogP contribution in [0.15, 0.2) is 23.4 Å². The summed E-state index contributed by atoms with van der Waals surface area (Å²) in [6.07, 6.45) is -4.02. The quantitative estimate of drug-likeness (QED) is 0.803. The Hall–Kier alpha value is -0.820. The van der Waals surface area contributed by atoms with E-state index in [4.69, 9.17) is 11.6 Å². The first kappa shape index (κ1) is 15.2. The summed E-state index contributed by atoms with van der Waals surface area (Å²) < 4.78 is 60.3. The Labute approximate surface area is 108 Å². The first-order chi connectivity index (χ1) is 8.16. The number of rotatable bonds is 4. The molecule has 1 aromatic heterocycles. The van der Waals surface area contributed by atoms with E-state index >= 15 is 0 Å². The van der Waals surface area contributed by atoms with Gasteiger partial charge in [-0.3, -0.25) is 0 Å². The predicted molar refractivity (Wildman–Crippen MR) is 61.2 cm³/mol. The van der Waals surface area contributed by atoms with Crippen molar-refractivity contribution >= 4 is 21.4 Å². The molecule has 0 fully saturated rings. The second kappa shape index (κ2) is 5.44. The van der Waals surface area contributed by atoms with Gasteiger partial charge in [-0.05, 0) is 18.1 Å². The Morgan fingerprint density at radius 2 is 2.00 bits per heavy atom. The molecule has 8 heteroatoms. The molecule has 0 radical (unpaired) electrons. The maximum Gasteiger partial charge on any atom is 0.417 e. The van der Waals surface area contributed by atoms with Crippen LogP contribution in [0.2, 0.25) is 0 Å². The minimum Gasteiger partial charge on any atom is -0.244 e. The minimum absolute atomic E-state index is 0.153. The molecule has 0 saturated heterocycles. The van der Waals surface area contributed by atoms with Crippen LogP contribution < -0.4 is 0 Å². The molecule has 1 atom stereocenters. The van der Waals surface area contributed by atoms with Crippen LogP contribution in [0.25, 0.3) is 0 Å². The van der Waals surface area contributed by atoms with Gasteiger partial charge in [0.2, 0.25) is 0 Å². The van der Waals surface area contributed by atoms with E-state index in [0.29, 0.717) is 12.3 Å². The van der Waals surface area contributed by atoms with Crippen LogP contribution >= 0.6 is 11.6 Å². The van der Waals surface area contributed by atoms with Crippen LogP contribution in [0.1, 0.15) is 12.5 Å². The van der Waals surface area contributed by atoms with Gasteiger partial charge in [-0.1, -0.05) is 6.92 Å². The Morgan fingerprint density at radius 3 is 2.39 bits per heavy atom. The van der Waals surface area contributed by atoms with Gasteiger partial charge < -0.3 is 0 Å². The maximum atomic E-state index is 12.3. The molecule has 0 N–H and O–H groups in total. The second-order valence-electron chi connectivity index (χ2n) is 3.92. The van der Waals surface area contributed by atoms with E-state index in [1.165, 1.54) is 0 Å². The molecule has 0 aliphatic carbocycles. The van der Waals surface area contributed by atoms with Gasteiger partial charge in [-0.15, -0.1) is 11.6 Å². The topological polar surface area (TPSA) is 47.0 Å². The molecule has 1 aromatic rings. The number of nitrogens with zero attached hydrogens (tertiary/aromatic N) is 1. The summed E-state index contributed by atoms with van der Waals surface area (Å²) >= 11 is 5.50. The van der Waals surface area contributed by atoms with E-state index in [9.17, 15) is 21.6 Å². The molecule has 0 saturated carbocycles. The molecule has 1 unspecified atom stereocenters. The summed E-state index contributed by atoms with van der Waals surface area (Å²) in [4.78, 5) is 3.35. The molecular weight excluding hydrogens is 291 g/mol. The highest BCUT2D eigenvalue weighted by molar-refractivity contribution is 7.91. The summed E-state index contributed by atoms with van der Waals surface area (Å²) in [6.45, 7) is 1.63. The largest absolute Gasteiger partial charge is 0.417 e. The van der Waals surface area contributed by atoms with E-state index in [1.54, 1.807) is 6.92 Å². The lowest BCUT2D eigenvalue weighted by molar-refractivity contribution is -0.137. The van der Waals surface area contributed by atoms with Crippen molar-refractivity contribution in [1.82, 2.24) is 4.98 Å². The van der Waals surface area contributed by atoms with Crippen molar-refractivity contribution in [1.29, 1.82) is 0 Å². The molecule has 0 bridgehead atoms. The molecule has 0 spiro atoms. The third-order valence-electron chi connectivity index (χ3n) is 2.15. The highest BCUT2D eigenvalue weighted by Gasteiger charge is 2.31. The number of pyridine rings is 1. The lowest BCUT2D eigenvalue weighted by atomic mass is 10.3. The average molecular weight is 302 g/mol. The molecule has 0 aliphatic heterocycles. The maximum absolute atomic E-state index is 12.3. The SMILES string of the molecule is CC(CCl)CS(=O)(=O)c1ccc(C(F)(F)F)cn1. The second-order valence-corrected chi connectivity index (χ2v) is 6.21. The normalized spacial score (nSPS) is 14.5. The molecule has 0 aromatic carbocycles. The van der Waals surface area contributed by atoms with Gasteiger partial charge in [0.15, 0.2) is 14.9 Å². The Morgan fingerprint density at radius 1 is 1.39 bits per heavy atom. The Balaban J connectivity index is 2.98. The summed E-state index contributed by atoms with van der Waals surface area (Å²) in [5.74, 6) is -0.380. The number of sulfone groups is 1. The molecule has 0 aliphatic rings. The number of alkyl halides is 4. The van der Waals surface area contributed by atoms with Gasteiger partial charge >= 0.3 is 6.18 Å². The molecule has 3 nitrogen and oxygen atoms in total. The molecule has 102 valence electrons. The molecular formula is C10H11ClF3NO2S. The van der Waals surface area contributed by atoms with Gasteiger partial charge in [-0.25, -0.2) is 13.4 Å². The third kappa shape index (κ3) is 3.84. The van der Waals surface area contributed by atoms with Crippen LogP contribution in [-0.4, -0.2) is 25.0 Å². The van der Waals surface area contributed by atoms with Gasteiger partial charge in [0, 0.05) is 12.1 Å². The third-order valence-corrected chi connectivity index (χ3v) is 4.56. The number of halogens is 4. The average Bonchev–Trinajstić information content (AvgIpc) is 2.27. The van der Waals surface area contributed by atoms with E-state index in [1.807, 2.05) is 0 Å². The van der Waals surface area contributed by atoms with Crippen LogP contribution in [0.3, 0.4) is 0 Å². The first-order valence-electron chi connectivity index (χ1n) is 4.99. The fraction of sp³-hybridized carbons (Fsp3) is 0.500. The summed E-state index contributed by atoms with van der Waals surface area (Å²) in [5.41, 5.74) is -0.980. The zero-order chi connectivity index (χ0) is 14.0. The van der Waals surface area contributed by atoms with E-state index in [-0.39, 0.29) is 22.6 Å². The van der Waals surface area contributed by atoms with Crippen molar-refractivity contribution in [3.05, 3.63) is 23.9 Å². The van der Waals surface area contributed by atoms with Gasteiger partial charge in [0.1, 0.15) is 0 Å². The summed E-state index contributed by atoms with van der Waals surface area (Å²) in [6, 6.07) is 1.56. The fourth-order valence-electron chi connectivity index (χ4n) is 1.24. The van der Waals surface area contributed by atoms with Crippen molar-refractivity contribution in [2.75, 3.05) is 11.6 Å². The predicted octanol–water partition coefficient (Wildman–Crippen LogP) is 2.75. The lowest BCUT2D eigenvalue weighted by Crippen LogP contribution is -2.17. The van der Waals surface area contributed by atoms with Crippen molar-refractivity contribution in [2.45, 2.75) is 18.1 Å². The zero-order valence-electron chi connectivity index (χ0n) is 9.41. The first-order valence-corrected chi connectivity index (χ1v) is 7.17. The van der Waals surface area contributed by atoms with Crippen LogP contribution in [0, 0.1) is 5.92 Å². The molecule has 0 amide bonds. The van der Waals surface area contributed by atoms with E-state index in [0.717, 1.165) is 6.07 Å². The molecule has 1 rings (SSSR count). The van der Waals surface area contributed by atoms with Gasteiger partial charge in [0.25, 0.3) is 0 Å². The van der Waals surface area contributed by atoms with Crippen molar-refractivity contribution in [3.63, 3.8) is 0 Å². The van der Waals surface area contributed by atoms with Crippen LogP contribution in [0.4, 0.5) is 13.2 Å². The van der Waals surface area contributed by atoms with Crippen molar-refractivity contribution < 1.29 is 21.6 Å². The van der Waals surface area contributed by atoms with E-state index < -0.39 is 21.6 Å². The van der Waals surface area contributed by atoms with Gasteiger partial charge in [0.05, 0.1) is 11.3 Å². The number of hydrogen-bond donors (Lipinski definition) is 0. The van der Waals surface area contributed by atoms with Crippen molar-refractivity contribution in [3.8, 4) is 0 Å².